The van der Waals surface area contributed by atoms with Gasteiger partial charge in [0.05, 0.1) is 5.52 Å². The molecule has 0 fully saturated rings. The Morgan fingerprint density at radius 2 is 1.92 bits per heavy atom. The second kappa shape index (κ2) is 9.67. The third-order valence-corrected chi connectivity index (χ3v) is 4.73. The normalized spacial score (nSPS) is 12.1. The number of fused-ring (bicyclic) bond motifs is 1. The molecule has 0 aliphatic carbocycles. The molecular weight excluding hydrogens is 322 g/mol. The van der Waals surface area contributed by atoms with Crippen LogP contribution in [0.1, 0.15) is 80.8 Å². The highest BCUT2D eigenvalue weighted by Crippen LogP contribution is 2.33. The molecule has 24 heavy (non-hydrogen) atoms. The SMILES string of the molecule is CCCCCCCC(CC)c1cccc2c1c(C(N)=O)nn2C.Cl. The summed E-state index contributed by atoms with van der Waals surface area (Å²) in [6, 6.07) is 6.20. The Kier molecular flexibility index (Phi) is 8.26. The Morgan fingerprint density at radius 1 is 1.21 bits per heavy atom. The first-order chi connectivity index (χ1) is 11.1. The summed E-state index contributed by atoms with van der Waals surface area (Å²) < 4.78 is 1.76. The number of unbranched alkanes of at least 4 members (excludes halogenated alkanes) is 4. The lowest BCUT2D eigenvalue weighted by atomic mass is 9.88. The summed E-state index contributed by atoms with van der Waals surface area (Å²) in [7, 11) is 1.87. The van der Waals surface area contributed by atoms with E-state index in [0.29, 0.717) is 11.6 Å². The smallest absolute Gasteiger partial charge is 0.269 e. The van der Waals surface area contributed by atoms with Gasteiger partial charge in [0.2, 0.25) is 0 Å². The number of halogens is 1. The van der Waals surface area contributed by atoms with E-state index in [-0.39, 0.29) is 12.4 Å². The first-order valence-electron chi connectivity index (χ1n) is 8.85. The van der Waals surface area contributed by atoms with Crippen molar-refractivity contribution in [3.63, 3.8) is 0 Å². The van der Waals surface area contributed by atoms with Crippen molar-refractivity contribution in [3.8, 4) is 0 Å². The monoisotopic (exact) mass is 351 g/mol. The van der Waals surface area contributed by atoms with E-state index in [1.165, 1.54) is 37.7 Å². The quantitative estimate of drug-likeness (QED) is 0.650. The topological polar surface area (TPSA) is 60.9 Å². The molecule has 0 saturated heterocycles. The predicted molar refractivity (Wildman–Crippen MR) is 103 cm³/mol. The van der Waals surface area contributed by atoms with Gasteiger partial charge in [-0.05, 0) is 30.4 Å². The number of benzene rings is 1. The molecule has 2 N–H and O–H groups in total. The van der Waals surface area contributed by atoms with E-state index in [4.69, 9.17) is 5.73 Å². The minimum atomic E-state index is -0.444. The minimum absolute atomic E-state index is 0. The number of rotatable bonds is 9. The van der Waals surface area contributed by atoms with Crippen molar-refractivity contribution in [3.05, 3.63) is 29.5 Å². The van der Waals surface area contributed by atoms with Crippen molar-refractivity contribution >= 4 is 29.2 Å². The van der Waals surface area contributed by atoms with Gasteiger partial charge in [0.25, 0.3) is 5.91 Å². The predicted octanol–water partition coefficient (Wildman–Crippen LogP) is 4.95. The van der Waals surface area contributed by atoms with Crippen LogP contribution in [0.3, 0.4) is 0 Å². The van der Waals surface area contributed by atoms with Gasteiger partial charge in [-0.25, -0.2) is 0 Å². The number of aryl methyl sites for hydroxylation is 1. The fraction of sp³-hybridized carbons (Fsp3) is 0.579. The maximum atomic E-state index is 11.8. The molecule has 0 aliphatic heterocycles. The van der Waals surface area contributed by atoms with E-state index in [1.807, 2.05) is 13.1 Å². The van der Waals surface area contributed by atoms with Crippen LogP contribution in [0.5, 0.6) is 0 Å². The highest BCUT2D eigenvalue weighted by atomic mass is 35.5. The molecule has 1 heterocycles. The first-order valence-corrected chi connectivity index (χ1v) is 8.85. The number of nitrogens with zero attached hydrogens (tertiary/aromatic N) is 2. The molecule has 2 rings (SSSR count). The standard InChI is InChI=1S/C19H29N3O.ClH/c1-4-6-7-8-9-11-14(5-2)15-12-10-13-16-17(15)18(19(20)23)21-22(16)3;/h10,12-14H,4-9,11H2,1-3H3,(H2,20,23);1H. The number of hydrogen-bond acceptors (Lipinski definition) is 2. The number of aromatic nitrogens is 2. The third kappa shape index (κ3) is 4.50. The van der Waals surface area contributed by atoms with E-state index in [1.54, 1.807) is 4.68 Å². The van der Waals surface area contributed by atoms with Crippen LogP contribution in [0.4, 0.5) is 0 Å². The number of primary amides is 1. The second-order valence-electron chi connectivity index (χ2n) is 6.39. The molecule has 1 unspecified atom stereocenters. The maximum Gasteiger partial charge on any atom is 0.269 e. The molecule has 2 aromatic rings. The highest BCUT2D eigenvalue weighted by Gasteiger charge is 2.20. The van der Waals surface area contributed by atoms with Gasteiger partial charge in [-0.15, -0.1) is 12.4 Å². The summed E-state index contributed by atoms with van der Waals surface area (Å²) in [5.74, 6) is 0.0171. The average molecular weight is 352 g/mol. The lowest BCUT2D eigenvalue weighted by Crippen LogP contribution is -2.13. The highest BCUT2D eigenvalue weighted by molar-refractivity contribution is 6.05. The zero-order valence-corrected chi connectivity index (χ0v) is 15.9. The van der Waals surface area contributed by atoms with Gasteiger partial charge in [-0.3, -0.25) is 9.48 Å². The summed E-state index contributed by atoms with van der Waals surface area (Å²) in [4.78, 5) is 11.8. The molecule has 0 aliphatic rings. The van der Waals surface area contributed by atoms with Gasteiger partial charge in [-0.1, -0.05) is 58.1 Å². The van der Waals surface area contributed by atoms with Crippen LogP contribution >= 0.6 is 12.4 Å². The number of carbonyl (C=O) groups is 1. The van der Waals surface area contributed by atoms with Gasteiger partial charge < -0.3 is 5.73 Å². The fourth-order valence-electron chi connectivity index (χ4n) is 3.43. The number of nitrogens with two attached hydrogens (primary N) is 1. The van der Waals surface area contributed by atoms with Crippen molar-refractivity contribution in [1.82, 2.24) is 9.78 Å². The maximum absolute atomic E-state index is 11.8. The molecule has 5 heteroatoms. The summed E-state index contributed by atoms with van der Waals surface area (Å²) in [5.41, 5.74) is 8.16. The molecule has 1 aromatic heterocycles. The zero-order valence-electron chi connectivity index (χ0n) is 15.0. The Hall–Kier alpha value is -1.55. The van der Waals surface area contributed by atoms with Crippen molar-refractivity contribution in [2.24, 2.45) is 12.8 Å². The second-order valence-corrected chi connectivity index (χ2v) is 6.39. The van der Waals surface area contributed by atoms with E-state index in [9.17, 15) is 4.79 Å². The molecule has 0 radical (unpaired) electrons. The van der Waals surface area contributed by atoms with Gasteiger partial charge in [0.1, 0.15) is 0 Å². The molecule has 0 spiro atoms. The van der Waals surface area contributed by atoms with Crippen molar-refractivity contribution in [2.45, 2.75) is 64.7 Å². The summed E-state index contributed by atoms with van der Waals surface area (Å²) in [6.07, 6.45) is 8.66. The van der Waals surface area contributed by atoms with Crippen LogP contribution in [0, 0.1) is 0 Å². The Balaban J connectivity index is 0.00000288. The van der Waals surface area contributed by atoms with E-state index in [2.05, 4.69) is 31.1 Å². The van der Waals surface area contributed by atoms with Crippen LogP contribution in [0.2, 0.25) is 0 Å². The third-order valence-electron chi connectivity index (χ3n) is 4.73. The fourth-order valence-corrected chi connectivity index (χ4v) is 3.43. The Labute approximate surface area is 151 Å². The largest absolute Gasteiger partial charge is 0.364 e. The van der Waals surface area contributed by atoms with Gasteiger partial charge in [-0.2, -0.15) is 5.10 Å². The van der Waals surface area contributed by atoms with E-state index >= 15 is 0 Å². The molecule has 1 atom stereocenters. The first kappa shape index (κ1) is 20.5. The van der Waals surface area contributed by atoms with Crippen LogP contribution in [-0.2, 0) is 7.05 Å². The van der Waals surface area contributed by atoms with Gasteiger partial charge in [0.15, 0.2) is 5.69 Å². The minimum Gasteiger partial charge on any atom is -0.364 e. The molecular formula is C19H30ClN3O. The molecule has 134 valence electrons. The van der Waals surface area contributed by atoms with Crippen molar-refractivity contribution in [2.75, 3.05) is 0 Å². The van der Waals surface area contributed by atoms with Crippen LogP contribution in [0.15, 0.2) is 18.2 Å². The number of amides is 1. The van der Waals surface area contributed by atoms with E-state index < -0.39 is 5.91 Å². The summed E-state index contributed by atoms with van der Waals surface area (Å²) >= 11 is 0. The molecule has 4 nitrogen and oxygen atoms in total. The van der Waals surface area contributed by atoms with Crippen LogP contribution < -0.4 is 5.73 Å². The van der Waals surface area contributed by atoms with E-state index in [0.717, 1.165) is 23.7 Å². The van der Waals surface area contributed by atoms with Gasteiger partial charge >= 0.3 is 0 Å². The van der Waals surface area contributed by atoms with Crippen molar-refractivity contribution in [1.29, 1.82) is 0 Å². The Bertz CT molecular complexity index is 666. The molecule has 1 amide bonds. The molecule has 0 saturated carbocycles. The summed E-state index contributed by atoms with van der Waals surface area (Å²) in [5, 5.41) is 5.28. The lowest BCUT2D eigenvalue weighted by Gasteiger charge is -2.17. The van der Waals surface area contributed by atoms with Crippen LogP contribution in [-0.4, -0.2) is 15.7 Å². The summed E-state index contributed by atoms with van der Waals surface area (Å²) in [6.45, 7) is 4.46. The number of carbonyl (C=O) groups excluding carboxylic acids is 1. The molecule has 0 bridgehead atoms. The zero-order chi connectivity index (χ0) is 16.8. The lowest BCUT2D eigenvalue weighted by molar-refractivity contribution is 0.0996. The van der Waals surface area contributed by atoms with Gasteiger partial charge in [0, 0.05) is 12.4 Å². The van der Waals surface area contributed by atoms with Crippen molar-refractivity contribution < 1.29 is 4.79 Å². The molecule has 1 aromatic carbocycles. The Morgan fingerprint density at radius 3 is 2.54 bits per heavy atom. The van der Waals surface area contributed by atoms with Crippen LogP contribution in [0.25, 0.3) is 10.9 Å². The average Bonchev–Trinajstić information content (AvgIpc) is 2.89. The number of hydrogen-bond donors (Lipinski definition) is 1.